The minimum Gasteiger partial charge on any atom is -0.462 e. The number of likely N-dealkylation sites (N-methyl/N-ethyl adjacent to an activating group) is 1. The number of aryl methyl sites for hydroxylation is 1. The summed E-state index contributed by atoms with van der Waals surface area (Å²) in [6.07, 6.45) is 3.77. The fraction of sp³-hybridized carbons (Fsp3) is 0.593. The zero-order valence-corrected chi connectivity index (χ0v) is 21.3. The molecule has 0 aliphatic carbocycles. The van der Waals surface area contributed by atoms with Crippen molar-refractivity contribution >= 4 is 11.5 Å². The molecule has 2 atom stereocenters. The molecule has 0 spiro atoms. The average molecular weight is 476 g/mol. The van der Waals surface area contributed by atoms with Crippen molar-refractivity contribution in [1.29, 1.82) is 5.26 Å². The zero-order valence-electron chi connectivity index (χ0n) is 21.3. The third kappa shape index (κ3) is 5.07. The van der Waals surface area contributed by atoms with Gasteiger partial charge in [0, 0.05) is 49.5 Å². The van der Waals surface area contributed by atoms with E-state index >= 15 is 0 Å². The predicted molar refractivity (Wildman–Crippen MR) is 138 cm³/mol. The van der Waals surface area contributed by atoms with E-state index in [-0.39, 0.29) is 6.04 Å². The third-order valence-electron chi connectivity index (χ3n) is 7.91. The Labute approximate surface area is 208 Å². The molecule has 0 bridgehead atoms. The van der Waals surface area contributed by atoms with E-state index in [1.807, 2.05) is 0 Å². The Morgan fingerprint density at radius 3 is 2.86 bits per heavy atom. The highest BCUT2D eigenvalue weighted by Gasteiger charge is 2.29. The van der Waals surface area contributed by atoms with Gasteiger partial charge in [-0.25, -0.2) is 0 Å². The molecule has 0 saturated carbocycles. The second kappa shape index (κ2) is 10.4. The Kier molecular flexibility index (Phi) is 7.07. The van der Waals surface area contributed by atoms with E-state index in [0.717, 1.165) is 63.6 Å². The molecule has 3 aliphatic heterocycles. The number of hydrogen-bond donors (Lipinski definition) is 1. The van der Waals surface area contributed by atoms with Gasteiger partial charge in [-0.15, -0.1) is 0 Å². The van der Waals surface area contributed by atoms with E-state index in [1.54, 1.807) is 0 Å². The average Bonchev–Trinajstić information content (AvgIpc) is 3.28. The van der Waals surface area contributed by atoms with Crippen LogP contribution in [-0.2, 0) is 13.0 Å². The molecule has 1 N–H and O–H groups in total. The summed E-state index contributed by atoms with van der Waals surface area (Å²) in [5.41, 5.74) is 6.21. The highest BCUT2D eigenvalue weighted by Crippen LogP contribution is 2.33. The van der Waals surface area contributed by atoms with Gasteiger partial charge >= 0.3 is 6.01 Å². The first kappa shape index (κ1) is 23.8. The lowest BCUT2D eigenvalue weighted by Gasteiger charge is -2.37. The smallest absolute Gasteiger partial charge is 0.318 e. The van der Waals surface area contributed by atoms with Gasteiger partial charge in [0.05, 0.1) is 24.7 Å². The summed E-state index contributed by atoms with van der Waals surface area (Å²) in [5, 5.41) is 12.7. The maximum atomic E-state index is 9.22. The topological polar surface area (TPSA) is 80.6 Å². The van der Waals surface area contributed by atoms with Crippen LogP contribution in [0.1, 0.15) is 41.6 Å². The number of rotatable bonds is 6. The Hall–Kier alpha value is -2.89. The van der Waals surface area contributed by atoms with Crippen molar-refractivity contribution in [3.8, 4) is 12.1 Å². The monoisotopic (exact) mass is 475 g/mol. The number of aromatic nitrogens is 2. The van der Waals surface area contributed by atoms with Crippen molar-refractivity contribution in [2.45, 2.75) is 58.2 Å². The fourth-order valence-electron chi connectivity index (χ4n) is 5.62. The minimum absolute atomic E-state index is 0.158. The van der Waals surface area contributed by atoms with Crippen LogP contribution < -0.4 is 19.9 Å². The van der Waals surface area contributed by atoms with Crippen LogP contribution in [0.25, 0.3) is 0 Å². The molecule has 2 aromatic rings. The summed E-state index contributed by atoms with van der Waals surface area (Å²) < 4.78 is 6.24. The van der Waals surface area contributed by atoms with E-state index in [0.29, 0.717) is 25.1 Å². The highest BCUT2D eigenvalue weighted by atomic mass is 16.5. The molecule has 8 heteroatoms. The fourth-order valence-corrected chi connectivity index (χ4v) is 5.62. The predicted octanol–water partition coefficient (Wildman–Crippen LogP) is 2.82. The van der Waals surface area contributed by atoms with Gasteiger partial charge in [-0.3, -0.25) is 0 Å². The number of anilines is 2. The van der Waals surface area contributed by atoms with Gasteiger partial charge < -0.3 is 24.8 Å². The molecule has 2 saturated heterocycles. The number of nitriles is 1. The molecule has 2 fully saturated rings. The third-order valence-corrected chi connectivity index (χ3v) is 7.91. The zero-order chi connectivity index (χ0) is 24.4. The SMILES string of the molecule is Cc1cccc(N2CCc3c(nc(OCC4CCCN4C)nc3N3CCN[C@@H](CC#N)C3)C2)c1C. The summed E-state index contributed by atoms with van der Waals surface area (Å²) in [7, 11) is 2.16. The van der Waals surface area contributed by atoms with E-state index in [4.69, 9.17) is 14.7 Å². The van der Waals surface area contributed by atoms with Crippen molar-refractivity contribution in [1.82, 2.24) is 20.2 Å². The standard InChI is InChI=1S/C27H37N7O/c1-19-6-4-8-25(20(19)2)33-14-10-23-24(17-33)30-27(35-18-22-7-5-13-32(22)3)31-26(23)34-15-12-29-21(16-34)9-11-28/h4,6,8,21-22,29H,5,7,9-10,12-18H2,1-3H3/t21-,22?/m0/s1. The van der Waals surface area contributed by atoms with E-state index < -0.39 is 0 Å². The summed E-state index contributed by atoms with van der Waals surface area (Å²) in [4.78, 5) is 17.1. The molecule has 5 rings (SSSR count). The molecule has 0 amide bonds. The first-order valence-electron chi connectivity index (χ1n) is 12.9. The van der Waals surface area contributed by atoms with Gasteiger partial charge in [0.1, 0.15) is 12.4 Å². The van der Waals surface area contributed by atoms with E-state index in [2.05, 4.69) is 65.2 Å². The van der Waals surface area contributed by atoms with Gasteiger partial charge in [-0.2, -0.15) is 15.2 Å². The number of nitrogens with one attached hydrogen (secondary N) is 1. The van der Waals surface area contributed by atoms with Crippen LogP contribution in [0.5, 0.6) is 6.01 Å². The summed E-state index contributed by atoms with van der Waals surface area (Å²) in [5.74, 6) is 0.995. The molecule has 1 aromatic heterocycles. The number of benzene rings is 1. The van der Waals surface area contributed by atoms with Crippen molar-refractivity contribution in [3.05, 3.63) is 40.6 Å². The summed E-state index contributed by atoms with van der Waals surface area (Å²) in [6, 6.07) is 9.90. The van der Waals surface area contributed by atoms with Crippen LogP contribution >= 0.6 is 0 Å². The molecule has 186 valence electrons. The number of likely N-dealkylation sites (tertiary alicyclic amines) is 1. The van der Waals surface area contributed by atoms with Gasteiger partial charge in [0.25, 0.3) is 0 Å². The largest absolute Gasteiger partial charge is 0.462 e. The second-order valence-corrected chi connectivity index (χ2v) is 10.2. The van der Waals surface area contributed by atoms with Crippen molar-refractivity contribution < 1.29 is 4.74 Å². The van der Waals surface area contributed by atoms with Crippen LogP contribution in [0.4, 0.5) is 11.5 Å². The number of piperazine rings is 1. The van der Waals surface area contributed by atoms with E-state index in [9.17, 15) is 5.26 Å². The lowest BCUT2D eigenvalue weighted by Crippen LogP contribution is -2.51. The lowest BCUT2D eigenvalue weighted by atomic mass is 10.0. The molecule has 35 heavy (non-hydrogen) atoms. The van der Waals surface area contributed by atoms with Crippen LogP contribution in [0, 0.1) is 25.2 Å². The summed E-state index contributed by atoms with van der Waals surface area (Å²) in [6.45, 7) is 10.3. The molecule has 1 unspecified atom stereocenters. The lowest BCUT2D eigenvalue weighted by molar-refractivity contribution is 0.187. The van der Waals surface area contributed by atoms with Crippen molar-refractivity contribution in [2.24, 2.45) is 0 Å². The molecular formula is C27H37N7O. The maximum Gasteiger partial charge on any atom is 0.318 e. The molecular weight excluding hydrogens is 438 g/mol. The van der Waals surface area contributed by atoms with Gasteiger partial charge in [-0.05, 0) is 63.9 Å². The first-order chi connectivity index (χ1) is 17.0. The first-order valence-corrected chi connectivity index (χ1v) is 12.9. The number of hydrogen-bond acceptors (Lipinski definition) is 8. The molecule has 8 nitrogen and oxygen atoms in total. The van der Waals surface area contributed by atoms with Crippen molar-refractivity contribution in [2.75, 3.05) is 56.2 Å². The van der Waals surface area contributed by atoms with Crippen LogP contribution in [0.3, 0.4) is 0 Å². The Morgan fingerprint density at radius 1 is 1.17 bits per heavy atom. The quantitative estimate of drug-likeness (QED) is 0.683. The molecule has 0 radical (unpaired) electrons. The molecule has 4 heterocycles. The number of ether oxygens (including phenoxy) is 1. The van der Waals surface area contributed by atoms with E-state index in [1.165, 1.54) is 28.8 Å². The van der Waals surface area contributed by atoms with Crippen molar-refractivity contribution in [3.63, 3.8) is 0 Å². The molecule has 3 aliphatic rings. The molecule has 1 aromatic carbocycles. The van der Waals surface area contributed by atoms with Crippen LogP contribution in [0.15, 0.2) is 18.2 Å². The Bertz CT molecular complexity index is 1100. The summed E-state index contributed by atoms with van der Waals surface area (Å²) >= 11 is 0. The Balaban J connectivity index is 1.44. The van der Waals surface area contributed by atoms with Gasteiger partial charge in [0.15, 0.2) is 0 Å². The minimum atomic E-state index is 0.158. The number of fused-ring (bicyclic) bond motifs is 1. The van der Waals surface area contributed by atoms with Crippen LogP contribution in [0.2, 0.25) is 0 Å². The number of nitrogens with zero attached hydrogens (tertiary/aromatic N) is 6. The normalized spacial score (nSPS) is 22.7. The maximum absolute atomic E-state index is 9.22. The van der Waals surface area contributed by atoms with Gasteiger partial charge in [0.2, 0.25) is 0 Å². The second-order valence-electron chi connectivity index (χ2n) is 10.2. The van der Waals surface area contributed by atoms with Gasteiger partial charge in [-0.1, -0.05) is 12.1 Å². The Morgan fingerprint density at radius 2 is 2.06 bits per heavy atom. The van der Waals surface area contributed by atoms with Crippen LogP contribution in [-0.4, -0.2) is 73.3 Å². The highest BCUT2D eigenvalue weighted by molar-refractivity contribution is 5.59.